The van der Waals surface area contributed by atoms with Gasteiger partial charge in [-0.1, -0.05) is 18.2 Å². The molecule has 0 atom stereocenters. The van der Waals surface area contributed by atoms with E-state index in [9.17, 15) is 0 Å². The molecule has 1 aliphatic rings. The molecule has 1 heterocycles. The standard InChI is InChI=1S/C12H13N3/c13-10-6-2-1-4-8(10)12-9-5-3-7-11(9)14-15-12/h1-2,4,6H,3,5,7,13H2,(H,14,15). The fourth-order valence-electron chi connectivity index (χ4n) is 2.25. The van der Waals surface area contributed by atoms with Crippen LogP contribution in [-0.4, -0.2) is 10.2 Å². The molecule has 15 heavy (non-hydrogen) atoms. The number of aryl methyl sites for hydroxylation is 1. The zero-order valence-electron chi connectivity index (χ0n) is 8.46. The third kappa shape index (κ3) is 1.23. The van der Waals surface area contributed by atoms with Crippen LogP contribution in [0.25, 0.3) is 11.3 Å². The number of para-hydroxylation sites is 1. The first-order valence-corrected chi connectivity index (χ1v) is 5.27. The van der Waals surface area contributed by atoms with Gasteiger partial charge in [-0.05, 0) is 25.3 Å². The van der Waals surface area contributed by atoms with Gasteiger partial charge in [-0.25, -0.2) is 0 Å². The Kier molecular flexibility index (Phi) is 1.78. The Morgan fingerprint density at radius 3 is 2.93 bits per heavy atom. The number of rotatable bonds is 1. The quantitative estimate of drug-likeness (QED) is 0.691. The van der Waals surface area contributed by atoms with Gasteiger partial charge in [0, 0.05) is 22.5 Å². The molecule has 1 aromatic heterocycles. The Labute approximate surface area is 88.3 Å². The highest BCUT2D eigenvalue weighted by molar-refractivity contribution is 5.76. The summed E-state index contributed by atoms with van der Waals surface area (Å²) in [5.74, 6) is 0. The van der Waals surface area contributed by atoms with Gasteiger partial charge < -0.3 is 5.73 Å². The highest BCUT2D eigenvalue weighted by Crippen LogP contribution is 2.32. The first kappa shape index (κ1) is 8.53. The first-order valence-electron chi connectivity index (χ1n) is 5.27. The number of aromatic nitrogens is 2. The summed E-state index contributed by atoms with van der Waals surface area (Å²) in [6, 6.07) is 7.91. The Bertz CT molecular complexity index is 499. The second-order valence-corrected chi connectivity index (χ2v) is 3.97. The van der Waals surface area contributed by atoms with Crippen LogP contribution in [0.4, 0.5) is 5.69 Å². The van der Waals surface area contributed by atoms with Crippen molar-refractivity contribution in [1.82, 2.24) is 10.2 Å². The summed E-state index contributed by atoms with van der Waals surface area (Å²) in [6.45, 7) is 0. The number of H-pyrrole nitrogens is 1. The largest absolute Gasteiger partial charge is 0.398 e. The molecular weight excluding hydrogens is 186 g/mol. The van der Waals surface area contributed by atoms with E-state index in [0.29, 0.717) is 0 Å². The van der Waals surface area contributed by atoms with E-state index in [-0.39, 0.29) is 0 Å². The van der Waals surface area contributed by atoms with Crippen molar-refractivity contribution < 1.29 is 0 Å². The van der Waals surface area contributed by atoms with Crippen LogP contribution >= 0.6 is 0 Å². The summed E-state index contributed by atoms with van der Waals surface area (Å²) in [7, 11) is 0. The van der Waals surface area contributed by atoms with E-state index in [0.717, 1.165) is 29.8 Å². The number of aromatic amines is 1. The van der Waals surface area contributed by atoms with Crippen LogP contribution < -0.4 is 5.73 Å². The molecule has 1 aromatic carbocycles. The number of nitrogens with two attached hydrogens (primary N) is 1. The molecule has 0 fully saturated rings. The van der Waals surface area contributed by atoms with Crippen molar-refractivity contribution in [2.75, 3.05) is 5.73 Å². The van der Waals surface area contributed by atoms with Gasteiger partial charge in [0.15, 0.2) is 0 Å². The lowest BCUT2D eigenvalue weighted by Gasteiger charge is -2.03. The fraction of sp³-hybridized carbons (Fsp3) is 0.250. The predicted molar refractivity (Wildman–Crippen MR) is 60.5 cm³/mol. The van der Waals surface area contributed by atoms with E-state index in [4.69, 9.17) is 5.73 Å². The summed E-state index contributed by atoms with van der Waals surface area (Å²) < 4.78 is 0. The number of hydrogen-bond acceptors (Lipinski definition) is 2. The molecule has 0 amide bonds. The molecule has 0 unspecified atom stereocenters. The van der Waals surface area contributed by atoms with Crippen molar-refractivity contribution in [2.45, 2.75) is 19.3 Å². The monoisotopic (exact) mass is 199 g/mol. The minimum Gasteiger partial charge on any atom is -0.398 e. The highest BCUT2D eigenvalue weighted by Gasteiger charge is 2.20. The number of nitrogen functional groups attached to an aromatic ring is 1. The van der Waals surface area contributed by atoms with Crippen molar-refractivity contribution in [2.24, 2.45) is 0 Å². The van der Waals surface area contributed by atoms with Gasteiger partial charge in [0.2, 0.25) is 0 Å². The van der Waals surface area contributed by atoms with Gasteiger partial charge in [0.25, 0.3) is 0 Å². The normalized spacial score (nSPS) is 14.1. The van der Waals surface area contributed by atoms with Gasteiger partial charge in [-0.3, -0.25) is 5.10 Å². The molecule has 3 rings (SSSR count). The fourth-order valence-corrected chi connectivity index (χ4v) is 2.25. The van der Waals surface area contributed by atoms with Gasteiger partial charge >= 0.3 is 0 Å². The highest BCUT2D eigenvalue weighted by atomic mass is 15.1. The van der Waals surface area contributed by atoms with Crippen LogP contribution in [-0.2, 0) is 12.8 Å². The maximum atomic E-state index is 5.95. The summed E-state index contributed by atoms with van der Waals surface area (Å²) in [5.41, 5.74) is 11.5. The smallest absolute Gasteiger partial charge is 0.0976 e. The minimum absolute atomic E-state index is 0.804. The number of nitrogens with one attached hydrogen (secondary N) is 1. The Hall–Kier alpha value is -1.77. The van der Waals surface area contributed by atoms with Gasteiger partial charge in [-0.15, -0.1) is 0 Å². The van der Waals surface area contributed by atoms with Crippen LogP contribution in [0.2, 0.25) is 0 Å². The van der Waals surface area contributed by atoms with Crippen LogP contribution in [0.5, 0.6) is 0 Å². The Balaban J connectivity index is 2.17. The van der Waals surface area contributed by atoms with Gasteiger partial charge in [0.05, 0.1) is 5.69 Å². The molecule has 0 bridgehead atoms. The zero-order valence-corrected chi connectivity index (χ0v) is 8.46. The van der Waals surface area contributed by atoms with E-state index in [1.54, 1.807) is 0 Å². The van der Waals surface area contributed by atoms with Crippen LogP contribution in [0.3, 0.4) is 0 Å². The molecule has 3 nitrogen and oxygen atoms in total. The number of hydrogen-bond donors (Lipinski definition) is 2. The first-order chi connectivity index (χ1) is 7.36. The van der Waals surface area contributed by atoms with E-state index in [2.05, 4.69) is 10.2 Å². The summed E-state index contributed by atoms with van der Waals surface area (Å²) in [4.78, 5) is 0. The predicted octanol–water partition coefficient (Wildman–Crippen LogP) is 2.15. The SMILES string of the molecule is Nc1ccccc1-c1n[nH]c2c1CCC2. The average molecular weight is 199 g/mol. The molecule has 0 radical (unpaired) electrons. The maximum Gasteiger partial charge on any atom is 0.0976 e. The number of fused-ring (bicyclic) bond motifs is 1. The lowest BCUT2D eigenvalue weighted by molar-refractivity contribution is 0.867. The van der Waals surface area contributed by atoms with Crippen molar-refractivity contribution in [3.05, 3.63) is 35.5 Å². The van der Waals surface area contributed by atoms with Gasteiger partial charge in [0.1, 0.15) is 0 Å². The lowest BCUT2D eigenvalue weighted by Crippen LogP contribution is -1.91. The molecule has 1 aliphatic carbocycles. The topological polar surface area (TPSA) is 54.7 Å². The van der Waals surface area contributed by atoms with Crippen molar-refractivity contribution in [1.29, 1.82) is 0 Å². The van der Waals surface area contributed by atoms with E-state index in [1.165, 1.54) is 17.7 Å². The third-order valence-corrected chi connectivity index (χ3v) is 3.02. The van der Waals surface area contributed by atoms with Crippen LogP contribution in [0.1, 0.15) is 17.7 Å². The molecule has 3 N–H and O–H groups in total. The summed E-state index contributed by atoms with van der Waals surface area (Å²) in [6.07, 6.45) is 3.47. The molecule has 0 saturated carbocycles. The Morgan fingerprint density at radius 1 is 1.20 bits per heavy atom. The van der Waals surface area contributed by atoms with Crippen LogP contribution in [0, 0.1) is 0 Å². The van der Waals surface area contributed by atoms with E-state index in [1.807, 2.05) is 24.3 Å². The maximum absolute atomic E-state index is 5.95. The minimum atomic E-state index is 0.804. The van der Waals surface area contributed by atoms with Crippen molar-refractivity contribution >= 4 is 5.69 Å². The van der Waals surface area contributed by atoms with Crippen molar-refractivity contribution in [3.8, 4) is 11.3 Å². The molecule has 0 saturated heterocycles. The van der Waals surface area contributed by atoms with Gasteiger partial charge in [-0.2, -0.15) is 5.10 Å². The summed E-state index contributed by atoms with van der Waals surface area (Å²) in [5, 5.41) is 7.47. The zero-order chi connectivity index (χ0) is 10.3. The van der Waals surface area contributed by atoms with E-state index >= 15 is 0 Å². The van der Waals surface area contributed by atoms with E-state index < -0.39 is 0 Å². The molecule has 2 aromatic rings. The Morgan fingerprint density at radius 2 is 2.07 bits per heavy atom. The molecule has 3 heteroatoms. The van der Waals surface area contributed by atoms with Crippen LogP contribution in [0.15, 0.2) is 24.3 Å². The number of benzene rings is 1. The lowest BCUT2D eigenvalue weighted by atomic mass is 10.1. The second-order valence-electron chi connectivity index (χ2n) is 3.97. The number of nitrogens with zero attached hydrogens (tertiary/aromatic N) is 1. The molecule has 0 spiro atoms. The second kappa shape index (κ2) is 3.12. The average Bonchev–Trinajstić information content (AvgIpc) is 2.80. The molecule has 76 valence electrons. The molecule has 0 aliphatic heterocycles. The number of anilines is 1. The summed E-state index contributed by atoms with van der Waals surface area (Å²) >= 11 is 0. The molecular formula is C12H13N3. The third-order valence-electron chi connectivity index (χ3n) is 3.02. The van der Waals surface area contributed by atoms with Crippen molar-refractivity contribution in [3.63, 3.8) is 0 Å².